The Morgan fingerprint density at radius 1 is 1.23 bits per heavy atom. The highest BCUT2D eigenvalue weighted by molar-refractivity contribution is 7.90. The molecule has 1 aromatic carbocycles. The molecule has 4 N–H and O–H groups in total. The Bertz CT molecular complexity index is 1270. The number of hydrogen-bond donors (Lipinski definition) is 4. The number of carbonyl (C=O) groups is 2. The molecule has 1 fully saturated rings. The summed E-state index contributed by atoms with van der Waals surface area (Å²) in [7, 11) is -3.40. The third-order valence-electron chi connectivity index (χ3n) is 6.37. The number of amides is 2. The highest BCUT2D eigenvalue weighted by Gasteiger charge is 2.40. The predicted octanol–water partition coefficient (Wildman–Crippen LogP) is 3.58. The molecule has 0 spiro atoms. The molecule has 2 aliphatic rings. The highest BCUT2D eigenvalue weighted by Crippen LogP contribution is 2.34. The summed E-state index contributed by atoms with van der Waals surface area (Å²) >= 11 is 0. The van der Waals surface area contributed by atoms with Gasteiger partial charge in [0.25, 0.3) is 5.91 Å². The van der Waals surface area contributed by atoms with Crippen molar-refractivity contribution in [3.63, 3.8) is 0 Å². The largest absolute Gasteiger partial charge is 0.465 e. The van der Waals surface area contributed by atoms with Crippen molar-refractivity contribution < 1.29 is 23.1 Å². The maximum atomic E-state index is 12.5. The van der Waals surface area contributed by atoms with Crippen LogP contribution < -0.4 is 16.0 Å². The van der Waals surface area contributed by atoms with Gasteiger partial charge in [0.1, 0.15) is 11.6 Å². The number of fused-ring (bicyclic) bond motifs is 1. The fraction of sp³-hybridized carbons (Fsp3) is 0.458. The Balaban J connectivity index is 1.66. The Morgan fingerprint density at radius 2 is 1.97 bits per heavy atom. The Kier molecular flexibility index (Phi) is 6.39. The Morgan fingerprint density at radius 3 is 2.63 bits per heavy atom. The monoisotopic (exact) mass is 501 g/mol. The third kappa shape index (κ3) is 5.19. The van der Waals surface area contributed by atoms with Gasteiger partial charge in [-0.2, -0.15) is 0 Å². The van der Waals surface area contributed by atoms with Crippen LogP contribution in [0.5, 0.6) is 0 Å². The summed E-state index contributed by atoms with van der Waals surface area (Å²) in [6, 6.07) is 7.79. The van der Waals surface area contributed by atoms with Gasteiger partial charge in [-0.05, 0) is 69.9 Å². The van der Waals surface area contributed by atoms with E-state index >= 15 is 0 Å². The van der Waals surface area contributed by atoms with E-state index in [4.69, 9.17) is 0 Å². The molecule has 1 aliphatic heterocycles. The van der Waals surface area contributed by atoms with Crippen molar-refractivity contribution in [3.05, 3.63) is 41.5 Å². The molecule has 35 heavy (non-hydrogen) atoms. The highest BCUT2D eigenvalue weighted by atomic mass is 32.2. The van der Waals surface area contributed by atoms with Gasteiger partial charge in [-0.15, -0.1) is 0 Å². The van der Waals surface area contributed by atoms with E-state index in [2.05, 4.69) is 20.9 Å². The lowest BCUT2D eigenvalue weighted by molar-refractivity contribution is 0.0689. The van der Waals surface area contributed by atoms with E-state index in [0.717, 1.165) is 31.1 Å². The van der Waals surface area contributed by atoms with Crippen molar-refractivity contribution >= 4 is 39.2 Å². The molecule has 11 heteroatoms. The second-order valence-corrected chi connectivity index (χ2v) is 12.1. The number of aromatic nitrogens is 1. The fourth-order valence-corrected chi connectivity index (χ4v) is 5.56. The molecule has 0 unspecified atom stereocenters. The molecular formula is C24H31N5O5S. The minimum atomic E-state index is -3.40. The number of sulfone groups is 1. The SMILES string of the molecule is CC(C)(C)N(C(=O)O)[C@H]1CCC[C@H]1Nc1cc2c(c(Nc3cccc(S(C)(=O)=O)c3)n1)C(=O)NC2. The zero-order valence-electron chi connectivity index (χ0n) is 20.3. The van der Waals surface area contributed by atoms with Crippen molar-refractivity contribution in [2.24, 2.45) is 0 Å². The number of hydrogen-bond acceptors (Lipinski definition) is 7. The number of benzene rings is 1. The van der Waals surface area contributed by atoms with Crippen LogP contribution in [0.2, 0.25) is 0 Å². The average molecular weight is 502 g/mol. The van der Waals surface area contributed by atoms with Gasteiger partial charge in [0.05, 0.1) is 16.5 Å². The van der Waals surface area contributed by atoms with Crippen molar-refractivity contribution in [1.82, 2.24) is 15.2 Å². The molecular weight excluding hydrogens is 470 g/mol. The first-order valence-electron chi connectivity index (χ1n) is 11.5. The van der Waals surface area contributed by atoms with Crippen molar-refractivity contribution in [3.8, 4) is 0 Å². The number of rotatable bonds is 6. The minimum absolute atomic E-state index is 0.137. The quantitative estimate of drug-likeness (QED) is 0.471. The van der Waals surface area contributed by atoms with Gasteiger partial charge < -0.3 is 21.1 Å². The van der Waals surface area contributed by atoms with Crippen LogP contribution >= 0.6 is 0 Å². The molecule has 2 heterocycles. The average Bonchev–Trinajstić information content (AvgIpc) is 3.33. The van der Waals surface area contributed by atoms with Gasteiger partial charge in [0.15, 0.2) is 9.84 Å². The summed E-state index contributed by atoms with van der Waals surface area (Å²) in [5, 5.41) is 19.2. The van der Waals surface area contributed by atoms with Crippen LogP contribution in [0, 0.1) is 0 Å². The first-order chi connectivity index (χ1) is 16.3. The molecule has 2 atom stereocenters. The smallest absolute Gasteiger partial charge is 0.408 e. The van der Waals surface area contributed by atoms with E-state index in [-0.39, 0.29) is 22.9 Å². The molecule has 0 bridgehead atoms. The molecule has 10 nitrogen and oxygen atoms in total. The molecule has 4 rings (SSSR count). The number of nitrogens with one attached hydrogen (secondary N) is 3. The summed E-state index contributed by atoms with van der Waals surface area (Å²) < 4.78 is 23.9. The first kappa shape index (κ1) is 24.8. The summed E-state index contributed by atoms with van der Waals surface area (Å²) in [6.45, 7) is 6.00. The Hall–Kier alpha value is -3.34. The van der Waals surface area contributed by atoms with Crippen molar-refractivity contribution in [2.75, 3.05) is 16.9 Å². The summed E-state index contributed by atoms with van der Waals surface area (Å²) in [6.07, 6.45) is 2.60. The molecule has 2 amide bonds. The zero-order valence-corrected chi connectivity index (χ0v) is 21.1. The molecule has 0 saturated heterocycles. The number of carbonyl (C=O) groups excluding carboxylic acids is 1. The molecule has 1 saturated carbocycles. The molecule has 188 valence electrons. The lowest BCUT2D eigenvalue weighted by Crippen LogP contribution is -2.55. The second kappa shape index (κ2) is 9.03. The van der Waals surface area contributed by atoms with Crippen LogP contribution in [0.25, 0.3) is 0 Å². The maximum Gasteiger partial charge on any atom is 0.408 e. The minimum Gasteiger partial charge on any atom is -0.465 e. The van der Waals surface area contributed by atoms with E-state index in [0.29, 0.717) is 29.4 Å². The van der Waals surface area contributed by atoms with Gasteiger partial charge in [0.2, 0.25) is 0 Å². The van der Waals surface area contributed by atoms with Crippen LogP contribution in [0.4, 0.5) is 22.1 Å². The van der Waals surface area contributed by atoms with Crippen molar-refractivity contribution in [2.45, 2.75) is 69.1 Å². The van der Waals surface area contributed by atoms with Gasteiger partial charge in [-0.1, -0.05) is 6.07 Å². The van der Waals surface area contributed by atoms with E-state index in [1.807, 2.05) is 26.8 Å². The van der Waals surface area contributed by atoms with Gasteiger partial charge in [0, 0.05) is 30.1 Å². The third-order valence-corrected chi connectivity index (χ3v) is 7.48. The van der Waals surface area contributed by atoms with Crippen LogP contribution in [-0.4, -0.2) is 59.3 Å². The molecule has 1 aliphatic carbocycles. The summed E-state index contributed by atoms with van der Waals surface area (Å²) in [5.74, 6) is 0.577. The summed E-state index contributed by atoms with van der Waals surface area (Å²) in [5.41, 5.74) is 1.10. The number of carboxylic acid groups (broad SMARTS) is 1. The van der Waals surface area contributed by atoms with E-state index < -0.39 is 21.5 Å². The first-order valence-corrected chi connectivity index (χ1v) is 13.4. The van der Waals surface area contributed by atoms with Crippen LogP contribution in [0.1, 0.15) is 56.0 Å². The van der Waals surface area contributed by atoms with Gasteiger partial charge in [-0.25, -0.2) is 18.2 Å². The standard InChI is InChI=1S/C24H31N5O5S/c1-24(2,3)29(23(31)32)18-10-6-9-17(18)27-19-11-14-13-25-22(30)20(14)21(28-19)26-15-7-5-8-16(12-15)35(4,33)34/h5,7-8,11-12,17-18H,6,9-10,13H2,1-4H3,(H,25,30)(H,31,32)(H2,26,27,28)/t17-,18+/m1/s1. The van der Waals surface area contributed by atoms with E-state index in [1.165, 1.54) is 17.0 Å². The van der Waals surface area contributed by atoms with Crippen LogP contribution in [-0.2, 0) is 16.4 Å². The Labute approximate surface area is 205 Å². The zero-order chi connectivity index (χ0) is 25.5. The topological polar surface area (TPSA) is 141 Å². The number of nitrogens with zero attached hydrogens (tertiary/aromatic N) is 2. The molecule has 2 aromatic rings. The lowest BCUT2D eigenvalue weighted by atomic mass is 10.0. The fourth-order valence-electron chi connectivity index (χ4n) is 4.89. The molecule has 1 aromatic heterocycles. The van der Waals surface area contributed by atoms with Crippen LogP contribution in [0.3, 0.4) is 0 Å². The van der Waals surface area contributed by atoms with Crippen LogP contribution in [0.15, 0.2) is 35.2 Å². The number of pyridine rings is 1. The maximum absolute atomic E-state index is 12.5. The van der Waals surface area contributed by atoms with Gasteiger partial charge in [-0.3, -0.25) is 9.69 Å². The number of anilines is 3. The van der Waals surface area contributed by atoms with Gasteiger partial charge >= 0.3 is 6.09 Å². The molecule has 0 radical (unpaired) electrons. The van der Waals surface area contributed by atoms with E-state index in [1.54, 1.807) is 12.1 Å². The lowest BCUT2D eigenvalue weighted by Gasteiger charge is -2.40. The van der Waals surface area contributed by atoms with E-state index in [9.17, 15) is 23.1 Å². The summed E-state index contributed by atoms with van der Waals surface area (Å²) in [4.78, 5) is 30.9. The second-order valence-electron chi connectivity index (χ2n) is 10.1. The predicted molar refractivity (Wildman–Crippen MR) is 133 cm³/mol. The normalized spacial score (nSPS) is 19.7. The van der Waals surface area contributed by atoms with Crippen molar-refractivity contribution in [1.29, 1.82) is 0 Å².